The van der Waals surface area contributed by atoms with Crippen LogP contribution in [0.25, 0.3) is 0 Å². The first-order valence-electron chi connectivity index (χ1n) is 5.60. The van der Waals surface area contributed by atoms with Crippen LogP contribution < -0.4 is 5.32 Å². The van der Waals surface area contributed by atoms with Gasteiger partial charge in [-0.2, -0.15) is 3.93 Å². The van der Waals surface area contributed by atoms with Crippen molar-refractivity contribution >= 4 is 33.8 Å². The number of nitrogens with one attached hydrogen (secondary N) is 1. The van der Waals surface area contributed by atoms with Gasteiger partial charge in [0.15, 0.2) is 0 Å². The number of carbonyl (C=O) groups is 2. The molecule has 4 nitrogen and oxygen atoms in total. The zero-order valence-electron chi connectivity index (χ0n) is 9.92. The molecule has 0 aliphatic rings. The van der Waals surface area contributed by atoms with E-state index in [0.29, 0.717) is 11.3 Å². The van der Waals surface area contributed by atoms with Crippen molar-refractivity contribution in [1.82, 2.24) is 3.93 Å². The predicted octanol–water partition coefficient (Wildman–Crippen LogP) is 3.67. The van der Waals surface area contributed by atoms with Crippen LogP contribution in [0.15, 0.2) is 60.7 Å². The molecule has 19 heavy (non-hydrogen) atoms. The predicted molar refractivity (Wildman–Crippen MR) is 77.0 cm³/mol. The summed E-state index contributed by atoms with van der Waals surface area (Å²) in [5.74, 6) is -0.422. The molecule has 0 heterocycles. The van der Waals surface area contributed by atoms with Crippen LogP contribution in [0, 0.1) is 0 Å². The Hall–Kier alpha value is -2.14. The van der Waals surface area contributed by atoms with Gasteiger partial charge in [-0.3, -0.25) is 4.79 Å². The van der Waals surface area contributed by atoms with Gasteiger partial charge < -0.3 is 5.32 Å². The Kier molecular flexibility index (Phi) is 4.30. The zero-order valence-corrected chi connectivity index (χ0v) is 11.5. The molecule has 2 aromatic rings. The molecule has 0 saturated carbocycles. The van der Waals surface area contributed by atoms with Crippen molar-refractivity contribution in [3.05, 3.63) is 66.2 Å². The van der Waals surface area contributed by atoms with Gasteiger partial charge in [-0.15, -0.1) is 0 Å². The summed E-state index contributed by atoms with van der Waals surface area (Å²) in [4.78, 5) is 23.9. The van der Waals surface area contributed by atoms with Gasteiger partial charge in [-0.1, -0.05) is 36.4 Å². The Morgan fingerprint density at radius 3 is 2.00 bits per heavy atom. The van der Waals surface area contributed by atoms with Gasteiger partial charge in [-0.25, -0.2) is 4.79 Å². The van der Waals surface area contributed by atoms with Crippen molar-refractivity contribution in [2.24, 2.45) is 0 Å². The second kappa shape index (κ2) is 6.15. The highest BCUT2D eigenvalue weighted by atomic mass is 79.9. The number of halogens is 1. The fourth-order valence-electron chi connectivity index (χ4n) is 1.48. The molecule has 0 fully saturated rings. The van der Waals surface area contributed by atoms with Crippen LogP contribution in [-0.4, -0.2) is 15.9 Å². The van der Waals surface area contributed by atoms with Gasteiger partial charge >= 0.3 is 6.03 Å². The van der Waals surface area contributed by atoms with E-state index in [-0.39, 0.29) is 0 Å². The van der Waals surface area contributed by atoms with E-state index < -0.39 is 11.9 Å². The van der Waals surface area contributed by atoms with Gasteiger partial charge in [-0.05, 0) is 24.3 Å². The summed E-state index contributed by atoms with van der Waals surface area (Å²) in [6, 6.07) is 17.0. The number of nitrogens with zero attached hydrogens (tertiary/aromatic N) is 1. The highest BCUT2D eigenvalue weighted by Gasteiger charge is 2.20. The Labute approximate surface area is 119 Å². The Balaban J connectivity index is 2.06. The number of urea groups is 1. The summed E-state index contributed by atoms with van der Waals surface area (Å²) in [6.45, 7) is 0. The zero-order chi connectivity index (χ0) is 13.7. The number of imide groups is 1. The maximum absolute atomic E-state index is 12.0. The second-order valence-corrected chi connectivity index (χ2v) is 4.46. The molecule has 1 N–H and O–H groups in total. The van der Waals surface area contributed by atoms with E-state index in [1.165, 1.54) is 0 Å². The van der Waals surface area contributed by atoms with Gasteiger partial charge in [0, 0.05) is 11.3 Å². The van der Waals surface area contributed by atoms with Crippen LogP contribution in [0.1, 0.15) is 10.4 Å². The van der Waals surface area contributed by atoms with Crippen molar-refractivity contribution in [1.29, 1.82) is 0 Å². The van der Waals surface area contributed by atoms with E-state index in [1.54, 1.807) is 54.6 Å². The number of para-hydroxylation sites is 1. The Morgan fingerprint density at radius 1 is 0.895 bits per heavy atom. The molecule has 0 spiro atoms. The third kappa shape index (κ3) is 3.42. The van der Waals surface area contributed by atoms with Gasteiger partial charge in [0.25, 0.3) is 5.91 Å². The number of benzene rings is 2. The lowest BCUT2D eigenvalue weighted by atomic mass is 10.2. The van der Waals surface area contributed by atoms with Crippen molar-refractivity contribution in [2.45, 2.75) is 0 Å². The number of amides is 3. The van der Waals surface area contributed by atoms with E-state index in [0.717, 1.165) is 3.93 Å². The summed E-state index contributed by atoms with van der Waals surface area (Å²) >= 11 is 2.97. The quantitative estimate of drug-likeness (QED) is 0.859. The molecule has 0 aromatic heterocycles. The molecule has 0 aliphatic heterocycles. The fourth-order valence-corrected chi connectivity index (χ4v) is 1.77. The van der Waals surface area contributed by atoms with Gasteiger partial charge in [0.2, 0.25) is 0 Å². The highest BCUT2D eigenvalue weighted by Crippen LogP contribution is 2.12. The molecule has 0 radical (unpaired) electrons. The van der Waals surface area contributed by atoms with E-state index in [4.69, 9.17) is 0 Å². The van der Waals surface area contributed by atoms with Crippen molar-refractivity contribution in [2.75, 3.05) is 5.32 Å². The monoisotopic (exact) mass is 318 g/mol. The third-order valence-corrected chi connectivity index (χ3v) is 3.05. The number of hydrogen-bond acceptors (Lipinski definition) is 2. The van der Waals surface area contributed by atoms with Crippen LogP contribution in [0.3, 0.4) is 0 Å². The van der Waals surface area contributed by atoms with Crippen LogP contribution in [0.4, 0.5) is 10.5 Å². The van der Waals surface area contributed by atoms with Crippen molar-refractivity contribution < 1.29 is 9.59 Å². The van der Waals surface area contributed by atoms with E-state index in [2.05, 4.69) is 21.5 Å². The van der Waals surface area contributed by atoms with Crippen molar-refractivity contribution in [3.8, 4) is 0 Å². The SMILES string of the molecule is O=C(Nc1ccccc1)N(Br)C(=O)c1ccccc1. The van der Waals surface area contributed by atoms with Crippen molar-refractivity contribution in [3.63, 3.8) is 0 Å². The van der Waals surface area contributed by atoms with Crippen LogP contribution >= 0.6 is 16.1 Å². The Bertz CT molecular complexity index is 573. The average Bonchev–Trinajstić information content (AvgIpc) is 2.47. The average molecular weight is 319 g/mol. The third-order valence-electron chi connectivity index (χ3n) is 2.40. The molecular weight excluding hydrogens is 308 g/mol. The highest BCUT2D eigenvalue weighted by molar-refractivity contribution is 9.08. The molecule has 0 aliphatic carbocycles. The van der Waals surface area contributed by atoms with Crippen LogP contribution in [0.5, 0.6) is 0 Å². The standard InChI is InChI=1S/C14H11BrN2O2/c15-17(13(18)11-7-3-1-4-8-11)14(19)16-12-9-5-2-6-10-12/h1-10H,(H,16,19). The molecule has 0 bridgehead atoms. The summed E-state index contributed by atoms with van der Waals surface area (Å²) < 4.78 is 0.870. The number of carbonyl (C=O) groups excluding carboxylic acids is 2. The van der Waals surface area contributed by atoms with E-state index >= 15 is 0 Å². The molecule has 0 atom stereocenters. The number of anilines is 1. The molecule has 2 rings (SSSR count). The maximum atomic E-state index is 12.0. The molecule has 3 amide bonds. The van der Waals surface area contributed by atoms with E-state index in [9.17, 15) is 9.59 Å². The molecule has 0 unspecified atom stereocenters. The molecule has 5 heteroatoms. The first-order chi connectivity index (χ1) is 9.18. The molecule has 2 aromatic carbocycles. The topological polar surface area (TPSA) is 49.4 Å². The molecular formula is C14H11BrN2O2. The number of hydrogen-bond donors (Lipinski definition) is 1. The lowest BCUT2D eigenvalue weighted by molar-refractivity contribution is 0.0905. The molecule has 96 valence electrons. The summed E-state index contributed by atoms with van der Waals surface area (Å²) in [5, 5.41) is 2.61. The second-order valence-electron chi connectivity index (χ2n) is 3.75. The molecule has 0 saturated heterocycles. The first kappa shape index (κ1) is 13.3. The lowest BCUT2D eigenvalue weighted by Gasteiger charge is -2.13. The number of rotatable bonds is 2. The minimum Gasteiger partial charge on any atom is -0.307 e. The summed E-state index contributed by atoms with van der Waals surface area (Å²) in [7, 11) is 0. The minimum atomic E-state index is -0.542. The van der Waals surface area contributed by atoms with Gasteiger partial charge in [0.1, 0.15) is 0 Å². The lowest BCUT2D eigenvalue weighted by Crippen LogP contribution is -2.31. The first-order valence-corrected chi connectivity index (χ1v) is 6.31. The summed E-state index contributed by atoms with van der Waals surface area (Å²) in [5.41, 5.74) is 1.06. The fraction of sp³-hybridized carbons (Fsp3) is 0. The maximum Gasteiger partial charge on any atom is 0.339 e. The summed E-state index contributed by atoms with van der Waals surface area (Å²) in [6.07, 6.45) is 0. The Morgan fingerprint density at radius 2 is 1.42 bits per heavy atom. The normalized spacial score (nSPS) is 9.74. The van der Waals surface area contributed by atoms with Crippen LogP contribution in [-0.2, 0) is 0 Å². The van der Waals surface area contributed by atoms with Gasteiger partial charge in [0.05, 0.1) is 16.1 Å². The smallest absolute Gasteiger partial charge is 0.307 e. The largest absolute Gasteiger partial charge is 0.339 e. The van der Waals surface area contributed by atoms with E-state index in [1.807, 2.05) is 6.07 Å². The minimum absolute atomic E-state index is 0.422. The van der Waals surface area contributed by atoms with Crippen LogP contribution in [0.2, 0.25) is 0 Å².